The summed E-state index contributed by atoms with van der Waals surface area (Å²) >= 11 is 2.82. The van der Waals surface area contributed by atoms with Gasteiger partial charge in [0.25, 0.3) is 0 Å². The van der Waals surface area contributed by atoms with E-state index in [1.165, 1.54) is 23.1 Å². The van der Waals surface area contributed by atoms with E-state index in [0.29, 0.717) is 15.8 Å². The Morgan fingerprint density at radius 2 is 1.88 bits per heavy atom. The van der Waals surface area contributed by atoms with Gasteiger partial charge in [0.15, 0.2) is 14.2 Å². The molecule has 0 atom stereocenters. The standard InChI is InChI=1S/C17H17N3O2S3/c1-13-6-5-7-14(12-13)18-16-19-20-17(24-16)23-10-11-25(21,22)15-8-3-2-4-9-15/h2-9,12H,10-11H2,1H3,(H,18,19). The second-order valence-electron chi connectivity index (χ2n) is 5.35. The van der Waals surface area contributed by atoms with Crippen molar-refractivity contribution in [3.05, 3.63) is 60.2 Å². The highest BCUT2D eigenvalue weighted by Gasteiger charge is 2.14. The lowest BCUT2D eigenvalue weighted by molar-refractivity contribution is 0.597. The number of hydrogen-bond acceptors (Lipinski definition) is 7. The lowest BCUT2D eigenvalue weighted by Crippen LogP contribution is -2.08. The highest BCUT2D eigenvalue weighted by molar-refractivity contribution is 8.02. The van der Waals surface area contributed by atoms with E-state index in [-0.39, 0.29) is 5.75 Å². The van der Waals surface area contributed by atoms with E-state index in [9.17, 15) is 8.42 Å². The maximum absolute atomic E-state index is 12.2. The highest BCUT2D eigenvalue weighted by Crippen LogP contribution is 2.28. The molecule has 0 saturated carbocycles. The molecule has 25 heavy (non-hydrogen) atoms. The van der Waals surface area contributed by atoms with E-state index in [1.54, 1.807) is 30.3 Å². The topological polar surface area (TPSA) is 72.0 Å². The maximum Gasteiger partial charge on any atom is 0.210 e. The van der Waals surface area contributed by atoms with E-state index < -0.39 is 9.84 Å². The highest BCUT2D eigenvalue weighted by atomic mass is 32.2. The van der Waals surface area contributed by atoms with Crippen LogP contribution in [-0.2, 0) is 9.84 Å². The number of aromatic nitrogens is 2. The Labute approximate surface area is 155 Å². The second kappa shape index (κ2) is 7.99. The van der Waals surface area contributed by atoms with Crippen molar-refractivity contribution < 1.29 is 8.42 Å². The van der Waals surface area contributed by atoms with Crippen LogP contribution in [0.5, 0.6) is 0 Å². The molecule has 5 nitrogen and oxygen atoms in total. The molecule has 0 radical (unpaired) electrons. The lowest BCUT2D eigenvalue weighted by Gasteiger charge is -2.03. The molecule has 0 fully saturated rings. The number of sulfone groups is 1. The average Bonchev–Trinajstić information content (AvgIpc) is 3.03. The number of hydrogen-bond donors (Lipinski definition) is 1. The predicted molar refractivity (Wildman–Crippen MR) is 104 cm³/mol. The predicted octanol–water partition coefficient (Wildman–Crippen LogP) is 4.16. The van der Waals surface area contributed by atoms with Crippen LogP contribution >= 0.6 is 23.1 Å². The van der Waals surface area contributed by atoms with Crippen LogP contribution in [0.25, 0.3) is 0 Å². The molecule has 1 aromatic heterocycles. The Morgan fingerprint density at radius 1 is 1.08 bits per heavy atom. The first-order valence-corrected chi connectivity index (χ1v) is 11.1. The molecular weight excluding hydrogens is 374 g/mol. The molecule has 0 spiro atoms. The summed E-state index contributed by atoms with van der Waals surface area (Å²) < 4.78 is 25.2. The Balaban J connectivity index is 1.55. The van der Waals surface area contributed by atoms with Gasteiger partial charge in [-0.25, -0.2) is 8.42 Å². The third-order valence-corrected chi connectivity index (χ3v) is 7.32. The summed E-state index contributed by atoms with van der Waals surface area (Å²) in [5.41, 5.74) is 2.12. The molecule has 0 bridgehead atoms. The van der Waals surface area contributed by atoms with Crippen LogP contribution in [-0.4, -0.2) is 30.1 Å². The van der Waals surface area contributed by atoms with Gasteiger partial charge < -0.3 is 5.32 Å². The summed E-state index contributed by atoms with van der Waals surface area (Å²) in [5, 5.41) is 12.1. The first kappa shape index (κ1) is 17.9. The number of aryl methyl sites for hydroxylation is 1. The molecule has 3 rings (SSSR count). The summed E-state index contributed by atoms with van der Waals surface area (Å²) in [6.07, 6.45) is 0. The smallest absolute Gasteiger partial charge is 0.210 e. The number of anilines is 2. The molecule has 0 saturated heterocycles. The third kappa shape index (κ3) is 5.04. The fourth-order valence-corrected chi connectivity index (χ4v) is 5.66. The summed E-state index contributed by atoms with van der Waals surface area (Å²) in [4.78, 5) is 0.356. The number of rotatable bonds is 7. The molecule has 0 aliphatic heterocycles. The molecule has 1 N–H and O–H groups in total. The van der Waals surface area contributed by atoms with Gasteiger partial charge in [-0.3, -0.25) is 0 Å². The zero-order valence-corrected chi connectivity index (χ0v) is 16.0. The Morgan fingerprint density at radius 3 is 2.64 bits per heavy atom. The summed E-state index contributed by atoms with van der Waals surface area (Å²) in [6.45, 7) is 2.03. The van der Waals surface area contributed by atoms with E-state index in [0.717, 1.165) is 15.6 Å². The van der Waals surface area contributed by atoms with Crippen molar-refractivity contribution >= 4 is 43.8 Å². The van der Waals surface area contributed by atoms with Crippen LogP contribution in [0.2, 0.25) is 0 Å². The zero-order valence-electron chi connectivity index (χ0n) is 13.5. The van der Waals surface area contributed by atoms with E-state index in [4.69, 9.17) is 0 Å². The molecule has 0 amide bonds. The molecule has 0 unspecified atom stereocenters. The van der Waals surface area contributed by atoms with Gasteiger partial charge in [-0.1, -0.05) is 53.4 Å². The third-order valence-electron chi connectivity index (χ3n) is 3.36. The van der Waals surface area contributed by atoms with Gasteiger partial charge in [0, 0.05) is 11.4 Å². The Hall–Kier alpha value is -1.90. The van der Waals surface area contributed by atoms with Gasteiger partial charge in [-0.05, 0) is 36.8 Å². The van der Waals surface area contributed by atoms with Gasteiger partial charge >= 0.3 is 0 Å². The molecule has 2 aromatic carbocycles. The quantitative estimate of drug-likeness (QED) is 0.610. The molecule has 130 valence electrons. The lowest BCUT2D eigenvalue weighted by atomic mass is 10.2. The minimum atomic E-state index is -3.26. The van der Waals surface area contributed by atoms with Crippen molar-refractivity contribution in [2.75, 3.05) is 16.8 Å². The zero-order chi connectivity index (χ0) is 17.7. The summed E-state index contributed by atoms with van der Waals surface area (Å²) in [5.74, 6) is 0.512. The van der Waals surface area contributed by atoms with Crippen molar-refractivity contribution in [2.45, 2.75) is 16.2 Å². The average molecular weight is 392 g/mol. The van der Waals surface area contributed by atoms with Crippen LogP contribution in [0.4, 0.5) is 10.8 Å². The van der Waals surface area contributed by atoms with E-state index in [1.807, 2.05) is 31.2 Å². The SMILES string of the molecule is Cc1cccc(Nc2nnc(SCCS(=O)(=O)c3ccccc3)s2)c1. The van der Waals surface area contributed by atoms with E-state index >= 15 is 0 Å². The second-order valence-corrected chi connectivity index (χ2v) is 9.78. The van der Waals surface area contributed by atoms with Crippen molar-refractivity contribution in [1.29, 1.82) is 0 Å². The van der Waals surface area contributed by atoms with Crippen LogP contribution < -0.4 is 5.32 Å². The maximum atomic E-state index is 12.2. The minimum absolute atomic E-state index is 0.0713. The molecule has 0 aliphatic carbocycles. The van der Waals surface area contributed by atoms with Gasteiger partial charge in [0.1, 0.15) is 0 Å². The molecule has 1 heterocycles. The van der Waals surface area contributed by atoms with Gasteiger partial charge in [-0.2, -0.15) is 0 Å². The normalized spacial score (nSPS) is 11.4. The number of nitrogens with one attached hydrogen (secondary N) is 1. The fourth-order valence-electron chi connectivity index (χ4n) is 2.15. The van der Waals surface area contributed by atoms with E-state index in [2.05, 4.69) is 15.5 Å². The Kier molecular flexibility index (Phi) is 5.72. The van der Waals surface area contributed by atoms with Crippen LogP contribution in [0, 0.1) is 6.92 Å². The van der Waals surface area contributed by atoms with Crippen LogP contribution in [0.1, 0.15) is 5.56 Å². The van der Waals surface area contributed by atoms with Crippen molar-refractivity contribution in [1.82, 2.24) is 10.2 Å². The molecule has 8 heteroatoms. The van der Waals surface area contributed by atoms with Gasteiger partial charge in [-0.15, -0.1) is 10.2 Å². The van der Waals surface area contributed by atoms with Crippen LogP contribution in [0.3, 0.4) is 0 Å². The minimum Gasteiger partial charge on any atom is -0.330 e. The first-order chi connectivity index (χ1) is 12.0. The number of benzene rings is 2. The van der Waals surface area contributed by atoms with Crippen molar-refractivity contribution in [2.24, 2.45) is 0 Å². The van der Waals surface area contributed by atoms with Crippen LogP contribution in [0.15, 0.2) is 63.8 Å². The monoisotopic (exact) mass is 391 g/mol. The van der Waals surface area contributed by atoms with Gasteiger partial charge in [0.2, 0.25) is 5.13 Å². The fraction of sp³-hybridized carbons (Fsp3) is 0.176. The Bertz CT molecular complexity index is 941. The number of nitrogens with zero attached hydrogens (tertiary/aromatic N) is 2. The number of thioether (sulfide) groups is 1. The molecule has 0 aliphatic rings. The van der Waals surface area contributed by atoms with Crippen molar-refractivity contribution in [3.8, 4) is 0 Å². The largest absolute Gasteiger partial charge is 0.330 e. The summed E-state index contributed by atoms with van der Waals surface area (Å²) in [7, 11) is -3.26. The van der Waals surface area contributed by atoms with Crippen molar-refractivity contribution in [3.63, 3.8) is 0 Å². The molecule has 3 aromatic rings. The summed E-state index contributed by atoms with van der Waals surface area (Å²) in [6, 6.07) is 16.5. The first-order valence-electron chi connectivity index (χ1n) is 7.61. The van der Waals surface area contributed by atoms with Gasteiger partial charge in [0.05, 0.1) is 10.6 Å². The molecular formula is C17H17N3O2S3.